The van der Waals surface area contributed by atoms with Gasteiger partial charge in [-0.25, -0.2) is 8.42 Å². The topological polar surface area (TPSA) is 37.4 Å². The molecule has 1 aromatic heterocycles. The Kier molecular flexibility index (Phi) is 5.07. The molecule has 1 atom stereocenters. The molecule has 7 heteroatoms. The average molecular weight is 439 g/mol. The number of thiophene rings is 1. The molecule has 0 aliphatic rings. The molecule has 0 aliphatic heterocycles. The van der Waals surface area contributed by atoms with Crippen molar-refractivity contribution in [2.24, 2.45) is 0 Å². The van der Waals surface area contributed by atoms with Crippen LogP contribution in [-0.4, -0.2) is 19.8 Å². The molecule has 0 aliphatic carbocycles. The van der Waals surface area contributed by atoms with Gasteiger partial charge in [0, 0.05) is 20.9 Å². The third-order valence-electron chi connectivity index (χ3n) is 3.05. The maximum absolute atomic E-state index is 12.7. The molecule has 1 aromatic carbocycles. The molecule has 0 amide bonds. The molecule has 0 saturated heterocycles. The molecule has 1 unspecified atom stereocenters. The summed E-state index contributed by atoms with van der Waals surface area (Å²) in [6.07, 6.45) is 0. The molecule has 3 nitrogen and oxygen atoms in total. The van der Waals surface area contributed by atoms with Crippen LogP contribution in [0.1, 0.15) is 17.8 Å². The minimum atomic E-state index is -3.54. The minimum Gasteiger partial charge on any atom is -0.207 e. The molecule has 0 N–H and O–H groups in total. The van der Waals surface area contributed by atoms with Crippen molar-refractivity contribution < 1.29 is 8.42 Å². The summed E-state index contributed by atoms with van der Waals surface area (Å²) in [5, 5.41) is 1.95. The van der Waals surface area contributed by atoms with Gasteiger partial charge < -0.3 is 0 Å². The monoisotopic (exact) mass is 437 g/mol. The first-order valence-corrected chi connectivity index (χ1v) is 9.71. The van der Waals surface area contributed by atoms with E-state index in [2.05, 4.69) is 31.9 Å². The van der Waals surface area contributed by atoms with Gasteiger partial charge in [0.15, 0.2) is 0 Å². The van der Waals surface area contributed by atoms with Gasteiger partial charge in [0.2, 0.25) is 10.0 Å². The van der Waals surface area contributed by atoms with Gasteiger partial charge in [0.25, 0.3) is 0 Å². The van der Waals surface area contributed by atoms with E-state index in [0.29, 0.717) is 4.47 Å². The molecule has 0 saturated carbocycles. The van der Waals surface area contributed by atoms with Gasteiger partial charge in [-0.1, -0.05) is 22.0 Å². The smallest absolute Gasteiger partial charge is 0.207 e. The number of hydrogen-bond acceptors (Lipinski definition) is 3. The number of hydrogen-bond donors (Lipinski definition) is 0. The van der Waals surface area contributed by atoms with Crippen molar-refractivity contribution in [2.45, 2.75) is 17.9 Å². The second kappa shape index (κ2) is 6.27. The van der Waals surface area contributed by atoms with Crippen LogP contribution in [0.4, 0.5) is 0 Å². The lowest BCUT2D eigenvalue weighted by Gasteiger charge is -2.24. The lowest BCUT2D eigenvalue weighted by Crippen LogP contribution is -2.29. The summed E-state index contributed by atoms with van der Waals surface area (Å²) < 4.78 is 28.2. The Bertz CT molecular complexity index is 699. The van der Waals surface area contributed by atoms with Gasteiger partial charge >= 0.3 is 0 Å². The average Bonchev–Trinajstić information content (AvgIpc) is 2.90. The molecule has 0 bridgehead atoms. The second-order valence-electron chi connectivity index (χ2n) is 4.29. The van der Waals surface area contributed by atoms with Crippen LogP contribution in [0, 0.1) is 0 Å². The van der Waals surface area contributed by atoms with Gasteiger partial charge in [-0.2, -0.15) is 4.31 Å². The Morgan fingerprint density at radius 3 is 2.50 bits per heavy atom. The van der Waals surface area contributed by atoms with Crippen molar-refractivity contribution in [1.82, 2.24) is 4.31 Å². The largest absolute Gasteiger partial charge is 0.244 e. The summed E-state index contributed by atoms with van der Waals surface area (Å²) in [7, 11) is -1.93. The van der Waals surface area contributed by atoms with Gasteiger partial charge in [-0.05, 0) is 52.5 Å². The highest BCUT2D eigenvalue weighted by Gasteiger charge is 2.28. The highest BCUT2D eigenvalue weighted by atomic mass is 79.9. The third-order valence-corrected chi connectivity index (χ3v) is 7.49. The highest BCUT2D eigenvalue weighted by molar-refractivity contribution is 9.11. The van der Waals surface area contributed by atoms with E-state index >= 15 is 0 Å². The normalized spacial score (nSPS) is 13.7. The Labute approximate surface area is 139 Å². The maximum atomic E-state index is 12.7. The zero-order valence-corrected chi connectivity index (χ0v) is 15.7. The van der Waals surface area contributed by atoms with E-state index in [4.69, 9.17) is 0 Å². The molecule has 1 heterocycles. The second-order valence-corrected chi connectivity index (χ2v) is 9.00. The predicted molar refractivity (Wildman–Crippen MR) is 89.5 cm³/mol. The van der Waals surface area contributed by atoms with Crippen molar-refractivity contribution in [1.29, 1.82) is 0 Å². The molecule has 20 heavy (non-hydrogen) atoms. The van der Waals surface area contributed by atoms with Crippen LogP contribution in [0.25, 0.3) is 0 Å². The van der Waals surface area contributed by atoms with Crippen LogP contribution in [-0.2, 0) is 10.0 Å². The first kappa shape index (κ1) is 16.2. The number of nitrogens with zero attached hydrogens (tertiary/aromatic N) is 1. The van der Waals surface area contributed by atoms with Gasteiger partial charge in [-0.15, -0.1) is 11.3 Å². The lowest BCUT2D eigenvalue weighted by molar-refractivity contribution is 0.402. The lowest BCUT2D eigenvalue weighted by atomic mass is 10.3. The van der Waals surface area contributed by atoms with Crippen molar-refractivity contribution in [3.05, 3.63) is 49.5 Å². The first-order valence-electron chi connectivity index (χ1n) is 5.80. The van der Waals surface area contributed by atoms with Crippen molar-refractivity contribution in [2.75, 3.05) is 7.05 Å². The number of benzene rings is 1. The van der Waals surface area contributed by atoms with Crippen molar-refractivity contribution >= 4 is 53.2 Å². The Hall–Kier alpha value is -0.210. The Morgan fingerprint density at radius 2 is 1.95 bits per heavy atom. The number of halogens is 2. The maximum Gasteiger partial charge on any atom is 0.244 e. The van der Waals surface area contributed by atoms with E-state index in [1.165, 1.54) is 4.31 Å². The van der Waals surface area contributed by atoms with Crippen molar-refractivity contribution in [3.63, 3.8) is 0 Å². The summed E-state index contributed by atoms with van der Waals surface area (Å²) in [6, 6.07) is 8.72. The summed E-state index contributed by atoms with van der Waals surface area (Å²) in [4.78, 5) is 1.29. The van der Waals surface area contributed by atoms with Gasteiger partial charge in [0.1, 0.15) is 0 Å². The highest BCUT2D eigenvalue weighted by Crippen LogP contribution is 2.32. The predicted octanol–water partition coefficient (Wildman–Crippen LogP) is 4.65. The zero-order chi connectivity index (χ0) is 14.9. The van der Waals surface area contributed by atoms with Crippen LogP contribution < -0.4 is 0 Å². The van der Waals surface area contributed by atoms with Crippen molar-refractivity contribution in [3.8, 4) is 0 Å². The molecular formula is C13H13Br2NO2S2. The summed E-state index contributed by atoms with van der Waals surface area (Å²) >= 11 is 8.19. The summed E-state index contributed by atoms with van der Waals surface area (Å²) in [5.41, 5.74) is 0. The first-order chi connectivity index (χ1) is 9.34. The molecule has 2 rings (SSSR count). The van der Waals surface area contributed by atoms with E-state index in [-0.39, 0.29) is 10.9 Å². The van der Waals surface area contributed by atoms with E-state index < -0.39 is 10.0 Å². The van der Waals surface area contributed by atoms with Crippen LogP contribution in [0.5, 0.6) is 0 Å². The van der Waals surface area contributed by atoms with Gasteiger partial charge in [0.05, 0.1) is 10.9 Å². The van der Waals surface area contributed by atoms with Crippen LogP contribution in [0.15, 0.2) is 49.6 Å². The number of sulfonamides is 1. The molecule has 2 aromatic rings. The van der Waals surface area contributed by atoms with E-state index in [1.54, 1.807) is 36.6 Å². The third kappa shape index (κ3) is 3.17. The molecule has 0 fully saturated rings. The SMILES string of the molecule is CC(c1cccs1)N(C)S(=O)(=O)c1ccc(Br)cc1Br. The molecule has 108 valence electrons. The minimum absolute atomic E-state index is 0.199. The Morgan fingerprint density at radius 1 is 1.25 bits per heavy atom. The molecule has 0 spiro atoms. The van der Waals surface area contributed by atoms with Crippen LogP contribution in [0.2, 0.25) is 0 Å². The fraction of sp³-hybridized carbons (Fsp3) is 0.231. The van der Waals surface area contributed by atoms with E-state index in [9.17, 15) is 8.42 Å². The molecule has 0 radical (unpaired) electrons. The van der Waals surface area contributed by atoms with Gasteiger partial charge in [-0.3, -0.25) is 0 Å². The standard InChI is InChI=1S/C13H13Br2NO2S2/c1-9(12-4-3-7-19-12)16(2)20(17,18)13-6-5-10(14)8-11(13)15/h3-9H,1-2H3. The molecular weight excluding hydrogens is 426 g/mol. The summed E-state index contributed by atoms with van der Waals surface area (Å²) in [5.74, 6) is 0. The quantitative estimate of drug-likeness (QED) is 0.696. The zero-order valence-electron chi connectivity index (χ0n) is 10.9. The fourth-order valence-corrected chi connectivity index (χ4v) is 5.70. The van der Waals surface area contributed by atoms with E-state index in [1.807, 2.05) is 24.4 Å². The van der Waals surface area contributed by atoms with E-state index in [0.717, 1.165) is 9.35 Å². The Balaban J connectivity index is 2.39. The fourth-order valence-electron chi connectivity index (χ4n) is 1.76. The number of rotatable bonds is 4. The van der Waals surface area contributed by atoms with Crippen LogP contribution in [0.3, 0.4) is 0 Å². The van der Waals surface area contributed by atoms with Crippen LogP contribution >= 0.6 is 43.2 Å². The summed E-state index contributed by atoms with van der Waals surface area (Å²) in [6.45, 7) is 1.89.